The van der Waals surface area contributed by atoms with Crippen molar-refractivity contribution in [3.05, 3.63) is 95.8 Å². The number of amides is 2. The second-order valence-electron chi connectivity index (χ2n) is 9.27. The van der Waals surface area contributed by atoms with Crippen LogP contribution in [0.3, 0.4) is 0 Å². The van der Waals surface area contributed by atoms with Crippen molar-refractivity contribution < 1.29 is 9.59 Å². The van der Waals surface area contributed by atoms with Crippen molar-refractivity contribution in [1.29, 1.82) is 0 Å². The van der Waals surface area contributed by atoms with E-state index >= 15 is 0 Å². The Bertz CT molecular complexity index is 1450. The zero-order chi connectivity index (χ0) is 27.1. The number of carbonyl (C=O) groups is 2. The van der Waals surface area contributed by atoms with Crippen molar-refractivity contribution in [1.82, 2.24) is 20.1 Å². The molecule has 0 aliphatic heterocycles. The number of anilines is 1. The van der Waals surface area contributed by atoms with Gasteiger partial charge in [-0.05, 0) is 47.4 Å². The number of rotatable bonds is 11. The molecular weight excluding hydrogens is 518 g/mol. The van der Waals surface area contributed by atoms with Crippen LogP contribution in [0.15, 0.2) is 84.5 Å². The quantitative estimate of drug-likeness (QED) is 0.165. The highest BCUT2D eigenvalue weighted by molar-refractivity contribution is 7.99. The summed E-state index contributed by atoms with van der Waals surface area (Å²) in [5, 5.41) is 17.9. The number of aromatic nitrogens is 3. The molecule has 2 N–H and O–H groups in total. The number of nitrogens with one attached hydrogen (secondary N) is 2. The van der Waals surface area contributed by atoms with Crippen LogP contribution < -0.4 is 10.6 Å². The van der Waals surface area contributed by atoms with Crippen LogP contribution in [0.2, 0.25) is 5.02 Å². The van der Waals surface area contributed by atoms with Gasteiger partial charge in [0.2, 0.25) is 5.91 Å². The normalized spacial score (nSPS) is 11.9. The van der Waals surface area contributed by atoms with E-state index in [9.17, 15) is 9.59 Å². The number of fused-ring (bicyclic) bond motifs is 1. The van der Waals surface area contributed by atoms with Crippen molar-refractivity contribution in [3.63, 3.8) is 0 Å². The molecule has 2 amide bonds. The van der Waals surface area contributed by atoms with E-state index < -0.39 is 6.04 Å². The van der Waals surface area contributed by atoms with Crippen LogP contribution in [0, 0.1) is 5.92 Å². The number of allylic oxidation sites excluding steroid dienone is 1. The van der Waals surface area contributed by atoms with E-state index in [1.165, 1.54) is 11.8 Å². The largest absolute Gasteiger partial charge is 0.342 e. The summed E-state index contributed by atoms with van der Waals surface area (Å²) in [7, 11) is 0. The smallest absolute Gasteiger partial charge is 0.253 e. The van der Waals surface area contributed by atoms with E-state index in [0.29, 0.717) is 34.5 Å². The van der Waals surface area contributed by atoms with E-state index in [4.69, 9.17) is 11.6 Å². The molecule has 196 valence electrons. The molecule has 3 aromatic carbocycles. The third-order valence-electron chi connectivity index (χ3n) is 5.87. The molecule has 4 rings (SSSR count). The zero-order valence-electron chi connectivity index (χ0n) is 21.4. The molecule has 1 aromatic heterocycles. The van der Waals surface area contributed by atoms with Crippen LogP contribution in [-0.4, -0.2) is 32.3 Å². The van der Waals surface area contributed by atoms with Gasteiger partial charge < -0.3 is 15.2 Å². The monoisotopic (exact) mass is 547 g/mol. The predicted octanol–water partition coefficient (Wildman–Crippen LogP) is 6.52. The molecule has 0 radical (unpaired) electrons. The van der Waals surface area contributed by atoms with E-state index in [1.54, 1.807) is 30.3 Å². The molecule has 4 aromatic rings. The Kier molecular flexibility index (Phi) is 9.20. The minimum absolute atomic E-state index is 0.147. The summed E-state index contributed by atoms with van der Waals surface area (Å²) in [5.41, 5.74) is 1.14. The molecule has 7 nitrogen and oxygen atoms in total. The number of nitrogens with zero attached hydrogens (tertiary/aromatic N) is 3. The lowest BCUT2D eigenvalue weighted by Gasteiger charge is -2.21. The Morgan fingerprint density at radius 2 is 1.79 bits per heavy atom. The number of thioether (sulfide) groups is 1. The molecule has 0 spiro atoms. The Balaban J connectivity index is 1.49. The van der Waals surface area contributed by atoms with E-state index in [-0.39, 0.29) is 23.5 Å². The fourth-order valence-electron chi connectivity index (χ4n) is 4.14. The highest BCUT2D eigenvalue weighted by Crippen LogP contribution is 2.27. The van der Waals surface area contributed by atoms with Gasteiger partial charge in [-0.2, -0.15) is 0 Å². The van der Waals surface area contributed by atoms with Crippen molar-refractivity contribution in [2.45, 2.75) is 38.0 Å². The number of carbonyl (C=O) groups excluding carboxylic acids is 2. The molecule has 0 saturated heterocycles. The molecular formula is C29H30ClN5O2S. The van der Waals surface area contributed by atoms with Gasteiger partial charge in [-0.1, -0.05) is 85.8 Å². The molecule has 38 heavy (non-hydrogen) atoms. The summed E-state index contributed by atoms with van der Waals surface area (Å²) in [4.78, 5) is 25.8. The van der Waals surface area contributed by atoms with E-state index in [2.05, 4.69) is 41.3 Å². The van der Waals surface area contributed by atoms with Crippen LogP contribution in [0.4, 0.5) is 5.69 Å². The summed E-state index contributed by atoms with van der Waals surface area (Å²) in [6, 6.07) is 20.4. The first-order valence-corrected chi connectivity index (χ1v) is 13.7. The molecule has 0 aliphatic rings. The molecule has 0 unspecified atom stereocenters. The van der Waals surface area contributed by atoms with Crippen molar-refractivity contribution >= 4 is 51.6 Å². The Hall–Kier alpha value is -3.62. The van der Waals surface area contributed by atoms with Crippen molar-refractivity contribution in [3.8, 4) is 0 Å². The Labute approximate surface area is 231 Å². The highest BCUT2D eigenvalue weighted by Gasteiger charge is 2.25. The minimum atomic E-state index is -0.396. The third kappa shape index (κ3) is 6.82. The molecule has 1 atom stereocenters. The van der Waals surface area contributed by atoms with Gasteiger partial charge in [0, 0.05) is 12.2 Å². The first-order chi connectivity index (χ1) is 18.4. The van der Waals surface area contributed by atoms with Gasteiger partial charge in [0.1, 0.15) is 0 Å². The number of halogens is 1. The van der Waals surface area contributed by atoms with Gasteiger partial charge in [-0.25, -0.2) is 0 Å². The summed E-state index contributed by atoms with van der Waals surface area (Å²) in [5.74, 6) is 0.618. The van der Waals surface area contributed by atoms with Gasteiger partial charge in [0.25, 0.3) is 5.91 Å². The van der Waals surface area contributed by atoms with Crippen LogP contribution in [0.1, 0.15) is 42.5 Å². The van der Waals surface area contributed by atoms with Crippen LogP contribution in [-0.2, 0) is 11.3 Å². The second-order valence-corrected chi connectivity index (χ2v) is 10.6. The van der Waals surface area contributed by atoms with Gasteiger partial charge in [0.15, 0.2) is 11.0 Å². The summed E-state index contributed by atoms with van der Waals surface area (Å²) in [6.45, 7) is 8.46. The molecule has 0 fully saturated rings. The minimum Gasteiger partial charge on any atom is -0.342 e. The second kappa shape index (κ2) is 12.8. The van der Waals surface area contributed by atoms with Crippen molar-refractivity contribution in [2.75, 3.05) is 11.1 Å². The molecule has 0 bridgehead atoms. The standard InChI is InChI=1S/C29H30ClN5O2S/c1-4-15-35-27(25(16-19(2)3)32-28(37)23-11-7-8-12-24(23)30)33-34-29(35)38-18-26(36)31-22-14-13-20-9-5-6-10-21(20)17-22/h4-14,17,19,25H,1,15-16,18H2,2-3H3,(H,31,36)(H,32,37)/t25-/m0/s1. The van der Waals surface area contributed by atoms with Gasteiger partial charge in [-0.15, -0.1) is 16.8 Å². The predicted molar refractivity (Wildman–Crippen MR) is 155 cm³/mol. The highest BCUT2D eigenvalue weighted by atomic mass is 35.5. The number of benzene rings is 3. The maximum Gasteiger partial charge on any atom is 0.253 e. The molecule has 9 heteroatoms. The van der Waals surface area contributed by atoms with E-state index in [0.717, 1.165) is 16.5 Å². The zero-order valence-corrected chi connectivity index (χ0v) is 22.9. The average Bonchev–Trinajstić information content (AvgIpc) is 3.29. The van der Waals surface area contributed by atoms with Crippen LogP contribution >= 0.6 is 23.4 Å². The lowest BCUT2D eigenvalue weighted by Crippen LogP contribution is -2.32. The fraction of sp³-hybridized carbons (Fsp3) is 0.241. The Morgan fingerprint density at radius 3 is 2.53 bits per heavy atom. The van der Waals surface area contributed by atoms with Crippen LogP contribution in [0.5, 0.6) is 0 Å². The van der Waals surface area contributed by atoms with Gasteiger partial charge in [-0.3, -0.25) is 9.59 Å². The van der Waals surface area contributed by atoms with Gasteiger partial charge >= 0.3 is 0 Å². The topological polar surface area (TPSA) is 88.9 Å². The molecule has 0 aliphatic carbocycles. The van der Waals surface area contributed by atoms with Crippen LogP contribution in [0.25, 0.3) is 10.8 Å². The Morgan fingerprint density at radius 1 is 1.05 bits per heavy atom. The molecule has 0 saturated carbocycles. The lowest BCUT2D eigenvalue weighted by atomic mass is 10.0. The maximum atomic E-state index is 13.0. The summed E-state index contributed by atoms with van der Waals surface area (Å²) < 4.78 is 1.89. The number of hydrogen-bond donors (Lipinski definition) is 2. The third-order valence-corrected chi connectivity index (χ3v) is 7.16. The molecule has 1 heterocycles. The van der Waals surface area contributed by atoms with E-state index in [1.807, 2.05) is 47.0 Å². The number of hydrogen-bond acceptors (Lipinski definition) is 5. The summed E-state index contributed by atoms with van der Waals surface area (Å²) >= 11 is 7.54. The SMILES string of the molecule is C=CCn1c(SCC(=O)Nc2ccc3ccccc3c2)nnc1[C@H](CC(C)C)NC(=O)c1ccccc1Cl. The first-order valence-electron chi connectivity index (χ1n) is 12.4. The fourth-order valence-corrected chi connectivity index (χ4v) is 5.12. The van der Waals surface area contributed by atoms with Gasteiger partial charge in [0.05, 0.1) is 22.4 Å². The summed E-state index contributed by atoms with van der Waals surface area (Å²) in [6.07, 6.45) is 2.40. The van der Waals surface area contributed by atoms with Crippen molar-refractivity contribution in [2.24, 2.45) is 5.92 Å². The maximum absolute atomic E-state index is 13.0. The lowest BCUT2D eigenvalue weighted by molar-refractivity contribution is -0.113. The first kappa shape index (κ1) is 27.4. The average molecular weight is 548 g/mol.